The Bertz CT molecular complexity index is 197. The maximum absolute atomic E-state index is 9.22. The molecule has 0 aliphatic heterocycles. The number of rotatable bonds is 4. The number of aliphatic hydroxyl groups is 1. The molecule has 15 heavy (non-hydrogen) atoms. The molecule has 0 radical (unpaired) electrons. The van der Waals surface area contributed by atoms with Crippen molar-refractivity contribution >= 4 is 0 Å². The first-order chi connectivity index (χ1) is 7.23. The Hall–Kier alpha value is -0.0800. The standard InChI is InChI=1S/C13H25NO/c1-11(15)6-10-14-12-5-9-13(12)7-3-2-4-8-13/h11-12,14-15H,2-10H2,1H3. The van der Waals surface area contributed by atoms with Crippen LogP contribution in [-0.4, -0.2) is 23.8 Å². The molecule has 0 heterocycles. The van der Waals surface area contributed by atoms with Crippen LogP contribution in [0.5, 0.6) is 0 Å². The van der Waals surface area contributed by atoms with Crippen molar-refractivity contribution in [3.63, 3.8) is 0 Å². The predicted molar refractivity (Wildman–Crippen MR) is 62.8 cm³/mol. The quantitative estimate of drug-likeness (QED) is 0.748. The number of hydrogen-bond donors (Lipinski definition) is 2. The lowest BCUT2D eigenvalue weighted by atomic mass is 9.57. The SMILES string of the molecule is CC(O)CCNC1CCC12CCCCC2. The van der Waals surface area contributed by atoms with Crippen molar-refractivity contribution in [3.8, 4) is 0 Å². The molecular formula is C13H25NO. The van der Waals surface area contributed by atoms with Crippen LogP contribution >= 0.6 is 0 Å². The van der Waals surface area contributed by atoms with Crippen molar-refractivity contribution in [1.82, 2.24) is 5.32 Å². The molecule has 0 aromatic rings. The Kier molecular flexibility index (Phi) is 3.68. The Morgan fingerprint density at radius 1 is 1.27 bits per heavy atom. The topological polar surface area (TPSA) is 32.3 Å². The van der Waals surface area contributed by atoms with Gasteiger partial charge in [-0.05, 0) is 51.0 Å². The summed E-state index contributed by atoms with van der Waals surface area (Å²) < 4.78 is 0. The highest BCUT2D eigenvalue weighted by molar-refractivity contribution is 5.01. The fourth-order valence-corrected chi connectivity index (χ4v) is 3.34. The van der Waals surface area contributed by atoms with Gasteiger partial charge in [-0.3, -0.25) is 0 Å². The highest BCUT2D eigenvalue weighted by atomic mass is 16.3. The van der Waals surface area contributed by atoms with E-state index in [1.807, 2.05) is 6.92 Å². The van der Waals surface area contributed by atoms with Crippen LogP contribution in [0.3, 0.4) is 0 Å². The summed E-state index contributed by atoms with van der Waals surface area (Å²) in [6, 6.07) is 0.761. The summed E-state index contributed by atoms with van der Waals surface area (Å²) in [4.78, 5) is 0. The second-order valence-electron chi connectivity index (χ2n) is 5.61. The molecule has 0 aromatic heterocycles. The van der Waals surface area contributed by atoms with Gasteiger partial charge in [-0.1, -0.05) is 19.3 Å². The van der Waals surface area contributed by atoms with Crippen LogP contribution in [0.25, 0.3) is 0 Å². The molecule has 2 heteroatoms. The molecule has 88 valence electrons. The maximum atomic E-state index is 9.22. The zero-order chi connectivity index (χ0) is 10.7. The van der Waals surface area contributed by atoms with E-state index in [1.54, 1.807) is 0 Å². The summed E-state index contributed by atoms with van der Waals surface area (Å²) in [6.07, 6.45) is 10.8. The number of aliphatic hydroxyl groups excluding tert-OH is 1. The monoisotopic (exact) mass is 211 g/mol. The smallest absolute Gasteiger partial charge is 0.0524 e. The minimum Gasteiger partial charge on any atom is -0.393 e. The third-order valence-electron chi connectivity index (χ3n) is 4.47. The molecule has 2 fully saturated rings. The largest absolute Gasteiger partial charge is 0.393 e. The van der Waals surface area contributed by atoms with Gasteiger partial charge in [0, 0.05) is 6.04 Å². The normalized spacial score (nSPS) is 31.2. The van der Waals surface area contributed by atoms with Gasteiger partial charge in [-0.2, -0.15) is 0 Å². The Morgan fingerprint density at radius 3 is 2.53 bits per heavy atom. The molecule has 2 aliphatic rings. The Morgan fingerprint density at radius 2 is 2.00 bits per heavy atom. The van der Waals surface area contributed by atoms with Crippen LogP contribution in [0.2, 0.25) is 0 Å². The van der Waals surface area contributed by atoms with Crippen molar-refractivity contribution < 1.29 is 5.11 Å². The summed E-state index contributed by atoms with van der Waals surface area (Å²) in [5.41, 5.74) is 0.664. The van der Waals surface area contributed by atoms with Crippen LogP contribution < -0.4 is 5.32 Å². The molecule has 2 atom stereocenters. The lowest BCUT2D eigenvalue weighted by Gasteiger charge is -2.52. The first-order valence-corrected chi connectivity index (χ1v) is 6.64. The summed E-state index contributed by atoms with van der Waals surface area (Å²) in [5.74, 6) is 0. The Balaban J connectivity index is 1.73. The second-order valence-corrected chi connectivity index (χ2v) is 5.61. The summed E-state index contributed by atoms with van der Waals surface area (Å²) in [6.45, 7) is 2.86. The van der Waals surface area contributed by atoms with E-state index in [0.717, 1.165) is 19.0 Å². The number of hydrogen-bond acceptors (Lipinski definition) is 2. The van der Waals surface area contributed by atoms with Gasteiger partial charge >= 0.3 is 0 Å². The van der Waals surface area contributed by atoms with E-state index in [0.29, 0.717) is 5.41 Å². The average Bonchev–Trinajstić information content (AvgIpc) is 2.24. The molecule has 2 N–H and O–H groups in total. The summed E-state index contributed by atoms with van der Waals surface area (Å²) in [7, 11) is 0. The van der Waals surface area contributed by atoms with Gasteiger partial charge in [0.05, 0.1) is 6.10 Å². The molecule has 1 spiro atoms. The van der Waals surface area contributed by atoms with Crippen molar-refractivity contribution in [2.45, 2.75) is 70.4 Å². The van der Waals surface area contributed by atoms with E-state index in [2.05, 4.69) is 5.32 Å². The summed E-state index contributed by atoms with van der Waals surface area (Å²) in [5, 5.41) is 12.9. The second kappa shape index (κ2) is 4.84. The van der Waals surface area contributed by atoms with Crippen LogP contribution in [0.1, 0.15) is 58.3 Å². The molecule has 0 bridgehead atoms. The van der Waals surface area contributed by atoms with Crippen molar-refractivity contribution in [3.05, 3.63) is 0 Å². The van der Waals surface area contributed by atoms with Crippen LogP contribution in [0.4, 0.5) is 0 Å². The molecule has 2 unspecified atom stereocenters. The maximum Gasteiger partial charge on any atom is 0.0524 e. The highest BCUT2D eigenvalue weighted by Crippen LogP contribution is 2.51. The first-order valence-electron chi connectivity index (χ1n) is 6.64. The number of nitrogens with one attached hydrogen (secondary N) is 1. The van der Waals surface area contributed by atoms with E-state index >= 15 is 0 Å². The van der Waals surface area contributed by atoms with E-state index in [4.69, 9.17) is 0 Å². The van der Waals surface area contributed by atoms with Gasteiger partial charge in [0.15, 0.2) is 0 Å². The minimum atomic E-state index is -0.153. The predicted octanol–water partition coefficient (Wildman–Crippen LogP) is 2.46. The third kappa shape index (κ3) is 2.54. The molecule has 2 saturated carbocycles. The fourth-order valence-electron chi connectivity index (χ4n) is 3.34. The van der Waals surface area contributed by atoms with E-state index < -0.39 is 0 Å². The average molecular weight is 211 g/mol. The van der Waals surface area contributed by atoms with E-state index in [1.165, 1.54) is 44.9 Å². The van der Waals surface area contributed by atoms with Crippen molar-refractivity contribution in [2.75, 3.05) is 6.54 Å². The first kappa shape index (κ1) is 11.4. The third-order valence-corrected chi connectivity index (χ3v) is 4.47. The molecule has 2 nitrogen and oxygen atoms in total. The lowest BCUT2D eigenvalue weighted by Crippen LogP contribution is -2.54. The fraction of sp³-hybridized carbons (Fsp3) is 1.00. The van der Waals surface area contributed by atoms with E-state index in [-0.39, 0.29) is 6.10 Å². The van der Waals surface area contributed by atoms with Crippen LogP contribution in [0, 0.1) is 5.41 Å². The zero-order valence-corrected chi connectivity index (χ0v) is 9.97. The van der Waals surface area contributed by atoms with Gasteiger partial charge in [0.1, 0.15) is 0 Å². The molecule has 0 saturated heterocycles. The van der Waals surface area contributed by atoms with E-state index in [9.17, 15) is 5.11 Å². The highest BCUT2D eigenvalue weighted by Gasteiger charge is 2.46. The van der Waals surface area contributed by atoms with Crippen molar-refractivity contribution in [2.24, 2.45) is 5.41 Å². The molecule has 2 aliphatic carbocycles. The molecule has 2 rings (SSSR count). The molecular weight excluding hydrogens is 186 g/mol. The van der Waals surface area contributed by atoms with Crippen LogP contribution in [-0.2, 0) is 0 Å². The minimum absolute atomic E-state index is 0.153. The summed E-state index contributed by atoms with van der Waals surface area (Å²) >= 11 is 0. The van der Waals surface area contributed by atoms with Gasteiger partial charge < -0.3 is 10.4 Å². The zero-order valence-electron chi connectivity index (χ0n) is 9.97. The van der Waals surface area contributed by atoms with Gasteiger partial charge in [-0.25, -0.2) is 0 Å². The van der Waals surface area contributed by atoms with Crippen LogP contribution in [0.15, 0.2) is 0 Å². The van der Waals surface area contributed by atoms with Gasteiger partial charge in [0.2, 0.25) is 0 Å². The molecule has 0 aromatic carbocycles. The lowest BCUT2D eigenvalue weighted by molar-refractivity contribution is 0.0214. The molecule has 0 amide bonds. The van der Waals surface area contributed by atoms with Crippen molar-refractivity contribution in [1.29, 1.82) is 0 Å². The van der Waals surface area contributed by atoms with Gasteiger partial charge in [-0.15, -0.1) is 0 Å². The Labute approximate surface area is 93.5 Å². The van der Waals surface area contributed by atoms with Gasteiger partial charge in [0.25, 0.3) is 0 Å².